The predicted octanol–water partition coefficient (Wildman–Crippen LogP) is 1.72. The van der Waals surface area contributed by atoms with E-state index in [1.807, 2.05) is 0 Å². The van der Waals surface area contributed by atoms with Gasteiger partial charge in [-0.1, -0.05) is 25.3 Å². The van der Waals surface area contributed by atoms with E-state index in [9.17, 15) is 0 Å². The van der Waals surface area contributed by atoms with Gasteiger partial charge in [-0.05, 0) is 6.42 Å². The van der Waals surface area contributed by atoms with Gasteiger partial charge in [0.05, 0.1) is 0 Å². The van der Waals surface area contributed by atoms with Crippen LogP contribution in [-0.4, -0.2) is 5.75 Å². The molecule has 0 atom stereocenters. The fourth-order valence-electron chi connectivity index (χ4n) is 0.217. The molecule has 6 heavy (non-hydrogen) atoms. The van der Waals surface area contributed by atoms with Crippen molar-refractivity contribution in [3.63, 3.8) is 0 Å². The third kappa shape index (κ3) is 4.31. The predicted molar refractivity (Wildman–Crippen MR) is 30.5 cm³/mol. The average Bonchev–Trinajstić information content (AvgIpc) is 1.61. The summed E-state index contributed by atoms with van der Waals surface area (Å²) in [6.07, 6.45) is 2.40. The quantitative estimate of drug-likeness (QED) is 0.395. The molecule has 0 fully saturated rings. The lowest BCUT2D eigenvalue weighted by atomic mass is 10.4. The fraction of sp³-hybridized carbons (Fsp3) is 1.00. The summed E-state index contributed by atoms with van der Waals surface area (Å²) in [6, 6.07) is 0. The number of nitrogens with one attached hydrogen (secondary N) is 1. The highest BCUT2D eigenvalue weighted by atomic mass is 32.2. The van der Waals surface area contributed by atoms with E-state index < -0.39 is 0 Å². The van der Waals surface area contributed by atoms with Gasteiger partial charge in [-0.2, -0.15) is 5.14 Å². The zero-order valence-electron chi connectivity index (χ0n) is 4.03. The standard InChI is InChI=1S/C4H10NS/c1-2-3-4-6-5/h5H,2-4H2,1H3. The topological polar surface area (TPSA) is 23.8 Å². The summed E-state index contributed by atoms with van der Waals surface area (Å²) in [5.74, 6) is 0.997. The Bertz CT molecular complexity index is 19.5. The van der Waals surface area contributed by atoms with Crippen molar-refractivity contribution in [2.24, 2.45) is 0 Å². The van der Waals surface area contributed by atoms with Crippen molar-refractivity contribution in [1.82, 2.24) is 5.14 Å². The Morgan fingerprint density at radius 3 is 2.50 bits per heavy atom. The molecule has 2 heteroatoms. The molecular formula is C4H10NS. The van der Waals surface area contributed by atoms with E-state index in [-0.39, 0.29) is 0 Å². The van der Waals surface area contributed by atoms with Gasteiger partial charge >= 0.3 is 0 Å². The van der Waals surface area contributed by atoms with Crippen LogP contribution in [0, 0.1) is 0 Å². The second-order valence-corrected chi connectivity index (χ2v) is 1.90. The second-order valence-electron chi connectivity index (χ2n) is 1.20. The summed E-state index contributed by atoms with van der Waals surface area (Å²) in [6.45, 7) is 2.14. The normalized spacial score (nSPS) is 9.00. The number of hydrogen-bond acceptors (Lipinski definition) is 1. The van der Waals surface area contributed by atoms with Crippen molar-refractivity contribution in [1.29, 1.82) is 0 Å². The number of rotatable bonds is 3. The van der Waals surface area contributed by atoms with E-state index in [1.54, 1.807) is 0 Å². The minimum absolute atomic E-state index is 0.997. The van der Waals surface area contributed by atoms with Crippen LogP contribution in [0.4, 0.5) is 0 Å². The molecule has 0 aromatic heterocycles. The smallest absolute Gasteiger partial charge is 0.00910 e. The Labute approximate surface area is 43.4 Å². The van der Waals surface area contributed by atoms with Crippen LogP contribution < -0.4 is 5.14 Å². The summed E-state index contributed by atoms with van der Waals surface area (Å²) in [5, 5.41) is 6.62. The molecule has 37 valence electrons. The van der Waals surface area contributed by atoms with E-state index in [0.29, 0.717) is 0 Å². The van der Waals surface area contributed by atoms with Crippen LogP contribution >= 0.6 is 11.9 Å². The molecule has 0 heterocycles. The van der Waals surface area contributed by atoms with Crippen molar-refractivity contribution in [2.75, 3.05) is 5.75 Å². The van der Waals surface area contributed by atoms with Crippen molar-refractivity contribution < 1.29 is 0 Å². The highest BCUT2D eigenvalue weighted by Crippen LogP contribution is 1.94. The minimum atomic E-state index is 0.997. The van der Waals surface area contributed by atoms with E-state index in [1.165, 1.54) is 24.8 Å². The van der Waals surface area contributed by atoms with E-state index in [2.05, 4.69) is 6.92 Å². The van der Waals surface area contributed by atoms with E-state index in [4.69, 9.17) is 5.14 Å². The molecule has 0 saturated carbocycles. The maximum Gasteiger partial charge on any atom is 0.00910 e. The molecule has 0 aliphatic rings. The highest BCUT2D eigenvalue weighted by molar-refractivity contribution is 7.96. The lowest BCUT2D eigenvalue weighted by Crippen LogP contribution is -1.73. The van der Waals surface area contributed by atoms with Gasteiger partial charge in [0.15, 0.2) is 0 Å². The Balaban J connectivity index is 2.34. The summed E-state index contributed by atoms with van der Waals surface area (Å²) in [7, 11) is 0. The van der Waals surface area contributed by atoms with Crippen LogP contribution in [0.1, 0.15) is 19.8 Å². The summed E-state index contributed by atoms with van der Waals surface area (Å²) in [4.78, 5) is 0. The van der Waals surface area contributed by atoms with Crippen molar-refractivity contribution >= 4 is 11.9 Å². The third-order valence-corrected chi connectivity index (χ3v) is 1.09. The molecule has 0 spiro atoms. The molecule has 0 aromatic carbocycles. The Morgan fingerprint density at radius 2 is 2.33 bits per heavy atom. The van der Waals surface area contributed by atoms with Crippen LogP contribution in [0.15, 0.2) is 0 Å². The molecule has 0 bridgehead atoms. The zero-order valence-corrected chi connectivity index (χ0v) is 4.85. The first-order valence-electron chi connectivity index (χ1n) is 2.20. The van der Waals surface area contributed by atoms with Gasteiger partial charge in [-0.3, -0.25) is 0 Å². The molecular weight excluding hydrogens is 94.1 g/mol. The average molecular weight is 104 g/mol. The Kier molecular flexibility index (Phi) is 5.58. The molecule has 0 amide bonds. The highest BCUT2D eigenvalue weighted by Gasteiger charge is 1.76. The van der Waals surface area contributed by atoms with Gasteiger partial charge in [0.1, 0.15) is 0 Å². The van der Waals surface area contributed by atoms with Crippen molar-refractivity contribution in [2.45, 2.75) is 19.8 Å². The van der Waals surface area contributed by atoms with Gasteiger partial charge in [-0.15, -0.1) is 0 Å². The molecule has 1 nitrogen and oxygen atoms in total. The van der Waals surface area contributed by atoms with E-state index >= 15 is 0 Å². The van der Waals surface area contributed by atoms with Gasteiger partial charge in [-0.25, -0.2) is 0 Å². The summed E-state index contributed by atoms with van der Waals surface area (Å²) < 4.78 is 0. The lowest BCUT2D eigenvalue weighted by molar-refractivity contribution is 0.896. The first-order valence-corrected chi connectivity index (χ1v) is 3.19. The van der Waals surface area contributed by atoms with Crippen LogP contribution in [0.5, 0.6) is 0 Å². The van der Waals surface area contributed by atoms with Gasteiger partial charge in [0, 0.05) is 5.75 Å². The van der Waals surface area contributed by atoms with E-state index in [0.717, 1.165) is 5.75 Å². The summed E-state index contributed by atoms with van der Waals surface area (Å²) in [5.41, 5.74) is 0. The van der Waals surface area contributed by atoms with Crippen LogP contribution in [0.3, 0.4) is 0 Å². The first kappa shape index (κ1) is 6.31. The zero-order chi connectivity index (χ0) is 4.83. The molecule has 0 aliphatic heterocycles. The fourth-order valence-corrected chi connectivity index (χ4v) is 0.650. The summed E-state index contributed by atoms with van der Waals surface area (Å²) >= 11 is 1.18. The molecule has 1 N–H and O–H groups in total. The third-order valence-electron chi connectivity index (χ3n) is 0.600. The van der Waals surface area contributed by atoms with Crippen LogP contribution in [0.25, 0.3) is 0 Å². The van der Waals surface area contributed by atoms with Crippen molar-refractivity contribution in [3.8, 4) is 0 Å². The Morgan fingerprint density at radius 1 is 1.67 bits per heavy atom. The monoisotopic (exact) mass is 104 g/mol. The minimum Gasteiger partial charge on any atom is -0.191 e. The number of unbranched alkanes of at least 4 members (excludes halogenated alkanes) is 1. The molecule has 0 saturated heterocycles. The lowest BCUT2D eigenvalue weighted by Gasteiger charge is -1.85. The molecule has 0 unspecified atom stereocenters. The first-order chi connectivity index (χ1) is 2.91. The SMILES string of the molecule is CCCCS[NH]. The van der Waals surface area contributed by atoms with Gasteiger partial charge in [0.25, 0.3) is 0 Å². The van der Waals surface area contributed by atoms with Gasteiger partial charge in [0.2, 0.25) is 0 Å². The van der Waals surface area contributed by atoms with Crippen molar-refractivity contribution in [3.05, 3.63) is 0 Å². The van der Waals surface area contributed by atoms with Gasteiger partial charge < -0.3 is 0 Å². The molecule has 0 aromatic rings. The molecule has 0 rings (SSSR count). The molecule has 1 radical (unpaired) electrons. The maximum absolute atomic E-state index is 6.62. The number of hydrogen-bond donors (Lipinski definition) is 0. The van der Waals surface area contributed by atoms with Crippen LogP contribution in [-0.2, 0) is 0 Å². The van der Waals surface area contributed by atoms with Crippen LogP contribution in [0.2, 0.25) is 0 Å². The Hall–Kier alpha value is 0.310. The largest absolute Gasteiger partial charge is 0.191 e. The maximum atomic E-state index is 6.62. The molecule has 0 aliphatic carbocycles. The second kappa shape index (κ2) is 5.31.